The van der Waals surface area contributed by atoms with Crippen molar-refractivity contribution in [3.05, 3.63) is 40.5 Å². The first kappa shape index (κ1) is 14.7. The normalized spacial score (nSPS) is 12.1. The first-order valence-electron chi connectivity index (χ1n) is 6.49. The zero-order valence-electron chi connectivity index (χ0n) is 11.8. The van der Waals surface area contributed by atoms with Gasteiger partial charge in [-0.1, -0.05) is 0 Å². The molecule has 2 aromatic heterocycles. The fourth-order valence-corrected chi connectivity index (χ4v) is 1.83. The van der Waals surface area contributed by atoms with Gasteiger partial charge in [-0.3, -0.25) is 24.3 Å². The largest absolute Gasteiger partial charge is 0.346 e. The van der Waals surface area contributed by atoms with Crippen molar-refractivity contribution in [2.75, 3.05) is 0 Å². The Labute approximate surface area is 120 Å². The first-order valence-corrected chi connectivity index (χ1v) is 6.49. The number of carbonyl (C=O) groups is 1. The van der Waals surface area contributed by atoms with Crippen molar-refractivity contribution in [3.63, 3.8) is 0 Å². The van der Waals surface area contributed by atoms with Crippen molar-refractivity contribution in [2.45, 2.75) is 33.0 Å². The minimum absolute atomic E-state index is 0.0767. The molecule has 0 aromatic carbocycles. The van der Waals surface area contributed by atoms with Crippen LogP contribution in [-0.4, -0.2) is 30.4 Å². The van der Waals surface area contributed by atoms with E-state index in [4.69, 9.17) is 0 Å². The summed E-state index contributed by atoms with van der Waals surface area (Å²) < 4.78 is 3.00. The topological polar surface area (TPSA) is 108 Å². The van der Waals surface area contributed by atoms with Gasteiger partial charge >= 0.3 is 5.69 Å². The van der Waals surface area contributed by atoms with E-state index in [1.165, 1.54) is 10.9 Å². The van der Waals surface area contributed by atoms with Crippen molar-refractivity contribution in [3.8, 4) is 0 Å². The van der Waals surface area contributed by atoms with Gasteiger partial charge in [-0.15, -0.1) is 0 Å². The average Bonchev–Trinajstić information content (AvgIpc) is 3.06. The Balaban J connectivity index is 1.92. The molecule has 0 saturated heterocycles. The molecule has 0 spiro atoms. The van der Waals surface area contributed by atoms with E-state index in [9.17, 15) is 14.9 Å². The number of amides is 1. The molecular formula is C12H16N6O3. The molecule has 2 heterocycles. The Morgan fingerprint density at radius 1 is 1.52 bits per heavy atom. The molecular weight excluding hydrogens is 276 g/mol. The van der Waals surface area contributed by atoms with Gasteiger partial charge in [0.15, 0.2) is 0 Å². The predicted molar refractivity (Wildman–Crippen MR) is 73.3 cm³/mol. The molecule has 21 heavy (non-hydrogen) atoms. The number of carbonyl (C=O) groups excluding carboxylic acids is 1. The van der Waals surface area contributed by atoms with Crippen molar-refractivity contribution in [1.29, 1.82) is 0 Å². The third kappa shape index (κ3) is 3.65. The van der Waals surface area contributed by atoms with E-state index in [0.29, 0.717) is 0 Å². The van der Waals surface area contributed by atoms with Gasteiger partial charge in [0.05, 0.1) is 16.7 Å². The summed E-state index contributed by atoms with van der Waals surface area (Å²) in [7, 11) is 0. The first-order chi connectivity index (χ1) is 9.99. The molecule has 0 aliphatic carbocycles. The molecule has 1 N–H and O–H groups in total. The van der Waals surface area contributed by atoms with Crippen LogP contribution < -0.4 is 5.32 Å². The van der Waals surface area contributed by atoms with Gasteiger partial charge in [0.25, 0.3) is 0 Å². The molecule has 0 radical (unpaired) electrons. The standard InChI is InChI=1S/C12H16N6O3/c1-3-16-5-4-11(15-16)9(2)14-12(19)8-17-7-10(6-13-17)18(20)21/h4-7,9H,3,8H2,1-2H3,(H,14,19). The van der Waals surface area contributed by atoms with E-state index >= 15 is 0 Å². The van der Waals surface area contributed by atoms with E-state index in [1.54, 1.807) is 4.68 Å². The fourth-order valence-electron chi connectivity index (χ4n) is 1.83. The van der Waals surface area contributed by atoms with Crippen LogP contribution in [0.1, 0.15) is 25.6 Å². The molecule has 0 saturated carbocycles. The van der Waals surface area contributed by atoms with E-state index in [1.807, 2.05) is 26.1 Å². The minimum Gasteiger partial charge on any atom is -0.346 e. The Hall–Kier alpha value is -2.71. The summed E-state index contributed by atoms with van der Waals surface area (Å²) in [5.41, 5.74) is 0.620. The second-order valence-corrected chi connectivity index (χ2v) is 4.54. The van der Waals surface area contributed by atoms with Gasteiger partial charge in [-0.05, 0) is 19.9 Å². The van der Waals surface area contributed by atoms with Crippen LogP contribution >= 0.6 is 0 Å². The molecule has 2 aromatic rings. The van der Waals surface area contributed by atoms with Crippen LogP contribution in [-0.2, 0) is 17.9 Å². The maximum Gasteiger partial charge on any atom is 0.307 e. The molecule has 0 bridgehead atoms. The lowest BCUT2D eigenvalue weighted by molar-refractivity contribution is -0.385. The van der Waals surface area contributed by atoms with E-state index in [2.05, 4.69) is 15.5 Å². The van der Waals surface area contributed by atoms with Gasteiger partial charge in [-0.25, -0.2) is 0 Å². The second kappa shape index (κ2) is 6.16. The Morgan fingerprint density at radius 3 is 2.86 bits per heavy atom. The lowest BCUT2D eigenvalue weighted by Gasteiger charge is -2.11. The highest BCUT2D eigenvalue weighted by Gasteiger charge is 2.14. The number of nitrogens with zero attached hydrogens (tertiary/aromatic N) is 5. The minimum atomic E-state index is -0.554. The van der Waals surface area contributed by atoms with Crippen LogP contribution in [0.15, 0.2) is 24.7 Å². The molecule has 1 unspecified atom stereocenters. The number of nitrogens with one attached hydrogen (secondary N) is 1. The second-order valence-electron chi connectivity index (χ2n) is 4.54. The fraction of sp³-hybridized carbons (Fsp3) is 0.417. The lowest BCUT2D eigenvalue weighted by atomic mass is 10.2. The highest BCUT2D eigenvalue weighted by Crippen LogP contribution is 2.10. The van der Waals surface area contributed by atoms with Crippen LogP contribution in [0.3, 0.4) is 0 Å². The van der Waals surface area contributed by atoms with Gasteiger partial charge in [-0.2, -0.15) is 10.2 Å². The number of aromatic nitrogens is 4. The third-order valence-corrected chi connectivity index (χ3v) is 2.94. The van der Waals surface area contributed by atoms with Crippen molar-refractivity contribution in [2.24, 2.45) is 0 Å². The van der Waals surface area contributed by atoms with E-state index in [0.717, 1.165) is 18.4 Å². The summed E-state index contributed by atoms with van der Waals surface area (Å²) in [4.78, 5) is 21.9. The third-order valence-electron chi connectivity index (χ3n) is 2.94. The number of hydrogen-bond donors (Lipinski definition) is 1. The van der Waals surface area contributed by atoms with Gasteiger partial charge < -0.3 is 5.32 Å². The molecule has 112 valence electrons. The van der Waals surface area contributed by atoms with Gasteiger partial charge in [0.2, 0.25) is 5.91 Å². The predicted octanol–water partition coefficient (Wildman–Crippen LogP) is 0.885. The molecule has 0 aliphatic rings. The van der Waals surface area contributed by atoms with Crippen LogP contribution in [0.25, 0.3) is 0 Å². The summed E-state index contributed by atoms with van der Waals surface area (Å²) in [5, 5.41) is 21.4. The zero-order chi connectivity index (χ0) is 15.4. The molecule has 9 nitrogen and oxygen atoms in total. The van der Waals surface area contributed by atoms with Gasteiger partial charge in [0, 0.05) is 12.7 Å². The maximum absolute atomic E-state index is 11.9. The zero-order valence-corrected chi connectivity index (χ0v) is 11.8. The number of rotatable bonds is 6. The number of hydrogen-bond acceptors (Lipinski definition) is 5. The lowest BCUT2D eigenvalue weighted by Crippen LogP contribution is -2.30. The van der Waals surface area contributed by atoms with Gasteiger partial charge in [0.1, 0.15) is 18.9 Å². The average molecular weight is 292 g/mol. The quantitative estimate of drug-likeness (QED) is 0.628. The van der Waals surface area contributed by atoms with Crippen LogP contribution in [0.4, 0.5) is 5.69 Å². The summed E-state index contributed by atoms with van der Waals surface area (Å²) in [5.74, 6) is -0.286. The Kier molecular flexibility index (Phi) is 4.31. The highest BCUT2D eigenvalue weighted by atomic mass is 16.6. The molecule has 1 atom stereocenters. The highest BCUT2D eigenvalue weighted by molar-refractivity contribution is 5.76. The summed E-state index contributed by atoms with van der Waals surface area (Å²) in [6, 6.07) is 1.60. The SMILES string of the molecule is CCn1ccc(C(C)NC(=O)Cn2cc([N+](=O)[O-])cn2)n1. The number of nitro groups is 1. The molecule has 2 rings (SSSR count). The number of aryl methyl sites for hydroxylation is 1. The Morgan fingerprint density at radius 2 is 2.29 bits per heavy atom. The molecule has 9 heteroatoms. The summed E-state index contributed by atoms with van der Waals surface area (Å²) >= 11 is 0. The maximum atomic E-state index is 11.9. The van der Waals surface area contributed by atoms with Crippen LogP contribution in [0.2, 0.25) is 0 Å². The summed E-state index contributed by atoms with van der Waals surface area (Å²) in [6.45, 7) is 4.49. The van der Waals surface area contributed by atoms with E-state index < -0.39 is 4.92 Å². The van der Waals surface area contributed by atoms with Crippen LogP contribution in [0.5, 0.6) is 0 Å². The van der Waals surface area contributed by atoms with E-state index in [-0.39, 0.29) is 24.2 Å². The Bertz CT molecular complexity index is 647. The smallest absolute Gasteiger partial charge is 0.307 e. The molecule has 0 fully saturated rings. The van der Waals surface area contributed by atoms with Crippen molar-refractivity contribution >= 4 is 11.6 Å². The summed E-state index contributed by atoms with van der Waals surface area (Å²) in [6.07, 6.45) is 4.17. The monoisotopic (exact) mass is 292 g/mol. The molecule has 1 amide bonds. The van der Waals surface area contributed by atoms with Crippen molar-refractivity contribution in [1.82, 2.24) is 24.9 Å². The van der Waals surface area contributed by atoms with Crippen molar-refractivity contribution < 1.29 is 9.72 Å². The molecule has 0 aliphatic heterocycles. The van der Waals surface area contributed by atoms with Crippen LogP contribution in [0, 0.1) is 10.1 Å².